The Morgan fingerprint density at radius 2 is 1.50 bits per heavy atom. The van der Waals surface area contributed by atoms with Crippen LogP contribution in [0, 0.1) is 0 Å². The highest BCUT2D eigenvalue weighted by Gasteiger charge is 1.64. The van der Waals surface area contributed by atoms with Crippen LogP contribution in [0.4, 0.5) is 0 Å². The summed E-state index contributed by atoms with van der Waals surface area (Å²) >= 11 is 0. The minimum atomic E-state index is 0. The molecule has 0 aromatic heterocycles. The van der Waals surface area contributed by atoms with Gasteiger partial charge in [0.2, 0.25) is 0 Å². The zero-order valence-electron chi connectivity index (χ0n) is 4.20. The molecule has 0 N–H and O–H groups in total. The molecule has 0 radical (unpaired) electrons. The van der Waals surface area contributed by atoms with Crippen molar-refractivity contribution in [2.45, 2.75) is 13.8 Å². The second-order valence-electron chi connectivity index (χ2n) is 0.781. The third kappa shape index (κ3) is 8.83. The maximum atomic E-state index is 4.83. The maximum Gasteiger partial charge on any atom is 0.0437 e. The van der Waals surface area contributed by atoms with Crippen LogP contribution >= 0.6 is 0 Å². The molecule has 0 saturated carbocycles. The van der Waals surface area contributed by atoms with E-state index in [4.69, 9.17) is 4.74 Å². The van der Waals surface area contributed by atoms with Gasteiger partial charge in [-0.05, 0) is 13.8 Å². The summed E-state index contributed by atoms with van der Waals surface area (Å²) in [6.07, 6.45) is 0. The van der Waals surface area contributed by atoms with E-state index in [-0.39, 0.29) is 17.0 Å². The summed E-state index contributed by atoms with van der Waals surface area (Å²) < 4.78 is 4.83. The van der Waals surface area contributed by atoms with E-state index in [0.717, 1.165) is 13.2 Å². The Labute approximate surface area is 49.5 Å². The second-order valence-corrected chi connectivity index (χ2v) is 0.781. The van der Waals surface area contributed by atoms with E-state index in [1.165, 1.54) is 0 Å². The van der Waals surface area contributed by atoms with Gasteiger partial charge in [0.15, 0.2) is 0 Å². The molecule has 1 nitrogen and oxygen atoms in total. The first-order valence-electron chi connectivity index (χ1n) is 1.99. The van der Waals surface area contributed by atoms with Crippen LogP contribution in [0.3, 0.4) is 0 Å². The fourth-order valence-corrected chi connectivity index (χ4v) is 0.204. The Hall–Kier alpha value is 0.440. The number of ether oxygens (including phenoxy) is 1. The molecule has 0 unspecified atom stereocenters. The zero-order valence-corrected chi connectivity index (χ0v) is 5.79. The molecule has 0 bridgehead atoms. The summed E-state index contributed by atoms with van der Waals surface area (Å²) in [5.74, 6) is 0. The SMILES string of the molecule is CCOCC.[Br-]. The van der Waals surface area contributed by atoms with Crippen molar-refractivity contribution in [3.8, 4) is 0 Å². The molecule has 0 spiro atoms. The van der Waals surface area contributed by atoms with Crippen molar-refractivity contribution in [3.05, 3.63) is 0 Å². The molecule has 2 heteroatoms. The fraction of sp³-hybridized carbons (Fsp3) is 1.00. The van der Waals surface area contributed by atoms with Gasteiger partial charge < -0.3 is 21.7 Å². The van der Waals surface area contributed by atoms with Crippen LogP contribution in [-0.2, 0) is 4.74 Å². The molecule has 0 atom stereocenters. The van der Waals surface area contributed by atoms with Gasteiger partial charge in [0.1, 0.15) is 0 Å². The lowest BCUT2D eigenvalue weighted by atomic mass is 10.8. The van der Waals surface area contributed by atoms with E-state index in [9.17, 15) is 0 Å². The van der Waals surface area contributed by atoms with Gasteiger partial charge in [-0.3, -0.25) is 0 Å². The molecular weight excluding hydrogens is 144 g/mol. The Kier molecular flexibility index (Phi) is 14.6. The van der Waals surface area contributed by atoms with Crippen LogP contribution in [0.25, 0.3) is 0 Å². The van der Waals surface area contributed by atoms with Crippen LogP contribution in [0.1, 0.15) is 13.8 Å². The lowest BCUT2D eigenvalue weighted by Crippen LogP contribution is -3.00. The van der Waals surface area contributed by atoms with E-state index in [1.54, 1.807) is 0 Å². The van der Waals surface area contributed by atoms with Gasteiger partial charge in [0, 0.05) is 13.2 Å². The summed E-state index contributed by atoms with van der Waals surface area (Å²) in [4.78, 5) is 0. The third-order valence-corrected chi connectivity index (χ3v) is 0.408. The molecule has 0 aromatic carbocycles. The van der Waals surface area contributed by atoms with Crippen molar-refractivity contribution in [3.63, 3.8) is 0 Å². The van der Waals surface area contributed by atoms with Crippen molar-refractivity contribution < 1.29 is 21.7 Å². The molecule has 0 aliphatic rings. The topological polar surface area (TPSA) is 9.23 Å². The molecule has 0 aliphatic heterocycles. The van der Waals surface area contributed by atoms with Gasteiger partial charge >= 0.3 is 0 Å². The van der Waals surface area contributed by atoms with Gasteiger partial charge in [-0.1, -0.05) is 0 Å². The predicted molar refractivity (Wildman–Crippen MR) is 22.2 cm³/mol. The Balaban J connectivity index is 0. The Morgan fingerprint density at radius 1 is 1.17 bits per heavy atom. The van der Waals surface area contributed by atoms with E-state index in [2.05, 4.69) is 0 Å². The molecule has 0 amide bonds. The van der Waals surface area contributed by atoms with Crippen LogP contribution in [0.5, 0.6) is 0 Å². The van der Waals surface area contributed by atoms with Crippen molar-refractivity contribution in [2.24, 2.45) is 0 Å². The molecular formula is C4H10BrO-. The van der Waals surface area contributed by atoms with Gasteiger partial charge in [-0.25, -0.2) is 0 Å². The van der Waals surface area contributed by atoms with Gasteiger partial charge in [0.05, 0.1) is 0 Å². The minimum Gasteiger partial charge on any atom is -1.00 e. The summed E-state index contributed by atoms with van der Waals surface area (Å²) in [5, 5.41) is 0. The molecule has 0 aromatic rings. The second kappa shape index (κ2) is 9.06. The molecule has 0 heterocycles. The molecule has 0 rings (SSSR count). The average molecular weight is 154 g/mol. The van der Waals surface area contributed by atoms with Crippen molar-refractivity contribution >= 4 is 0 Å². The lowest BCUT2D eigenvalue weighted by molar-refractivity contribution is -0.00000212. The van der Waals surface area contributed by atoms with Crippen LogP contribution in [0.2, 0.25) is 0 Å². The third-order valence-electron chi connectivity index (χ3n) is 0.408. The summed E-state index contributed by atoms with van der Waals surface area (Å²) in [6, 6.07) is 0. The van der Waals surface area contributed by atoms with Crippen molar-refractivity contribution in [2.75, 3.05) is 13.2 Å². The largest absolute Gasteiger partial charge is 1.00 e. The standard InChI is InChI=1S/C4H10O.BrH/c1-3-5-4-2;/h3-4H2,1-2H3;1H/p-1. The summed E-state index contributed by atoms with van der Waals surface area (Å²) in [7, 11) is 0. The highest BCUT2D eigenvalue weighted by molar-refractivity contribution is 4.07. The lowest BCUT2D eigenvalue weighted by Gasteiger charge is -1.86. The quantitative estimate of drug-likeness (QED) is 0.449. The number of hydrogen-bond donors (Lipinski definition) is 0. The molecule has 40 valence electrons. The Bertz CT molecular complexity index is 15.0. The number of halogens is 1. The van der Waals surface area contributed by atoms with Gasteiger partial charge in [-0.15, -0.1) is 0 Å². The molecule has 0 saturated heterocycles. The molecule has 6 heavy (non-hydrogen) atoms. The van der Waals surface area contributed by atoms with Gasteiger partial charge in [0.25, 0.3) is 0 Å². The first-order chi connectivity index (χ1) is 2.41. The minimum absolute atomic E-state index is 0. The number of rotatable bonds is 2. The highest BCUT2D eigenvalue weighted by Crippen LogP contribution is 1.64. The van der Waals surface area contributed by atoms with Crippen LogP contribution in [-0.4, -0.2) is 13.2 Å². The van der Waals surface area contributed by atoms with E-state index >= 15 is 0 Å². The van der Waals surface area contributed by atoms with E-state index in [1.807, 2.05) is 13.8 Å². The number of hydrogen-bond acceptors (Lipinski definition) is 1. The van der Waals surface area contributed by atoms with Crippen LogP contribution in [0.15, 0.2) is 0 Å². The zero-order chi connectivity index (χ0) is 4.12. The first kappa shape index (κ1) is 9.67. The Morgan fingerprint density at radius 3 is 1.50 bits per heavy atom. The summed E-state index contributed by atoms with van der Waals surface area (Å²) in [5.41, 5.74) is 0. The molecule has 0 aliphatic carbocycles. The first-order valence-corrected chi connectivity index (χ1v) is 1.99. The highest BCUT2D eigenvalue weighted by atomic mass is 79.9. The van der Waals surface area contributed by atoms with Gasteiger partial charge in [-0.2, -0.15) is 0 Å². The van der Waals surface area contributed by atoms with E-state index in [0.29, 0.717) is 0 Å². The smallest absolute Gasteiger partial charge is 0.0437 e. The molecule has 0 fully saturated rings. The van der Waals surface area contributed by atoms with Crippen LogP contribution < -0.4 is 17.0 Å². The monoisotopic (exact) mass is 153 g/mol. The van der Waals surface area contributed by atoms with E-state index < -0.39 is 0 Å². The van der Waals surface area contributed by atoms with Crippen molar-refractivity contribution in [1.82, 2.24) is 0 Å². The van der Waals surface area contributed by atoms with Crippen molar-refractivity contribution in [1.29, 1.82) is 0 Å². The fourth-order valence-electron chi connectivity index (χ4n) is 0.204. The average Bonchev–Trinajstić information content (AvgIpc) is 1.41. The summed E-state index contributed by atoms with van der Waals surface area (Å²) in [6.45, 7) is 5.67. The normalized spacial score (nSPS) is 7.00. The predicted octanol–water partition coefficient (Wildman–Crippen LogP) is -1.95. The maximum absolute atomic E-state index is 4.83.